The molecule has 2 N–H and O–H groups in total. The van der Waals surface area contributed by atoms with Crippen LogP contribution in [0.1, 0.15) is 5.56 Å². The van der Waals surface area contributed by atoms with Gasteiger partial charge in [0.15, 0.2) is 5.96 Å². The van der Waals surface area contributed by atoms with Crippen LogP contribution in [0.15, 0.2) is 35.3 Å². The molecule has 2 rings (SSSR count). The molecule has 1 aliphatic rings. The van der Waals surface area contributed by atoms with E-state index in [4.69, 9.17) is 4.74 Å². The van der Waals surface area contributed by atoms with E-state index in [1.807, 2.05) is 18.2 Å². The highest BCUT2D eigenvalue weighted by Gasteiger charge is 2.01. The molecule has 0 saturated carbocycles. The van der Waals surface area contributed by atoms with Gasteiger partial charge in [-0.15, -0.1) is 0 Å². The van der Waals surface area contributed by atoms with Crippen LogP contribution < -0.4 is 10.6 Å². The van der Waals surface area contributed by atoms with Gasteiger partial charge >= 0.3 is 0 Å². The molecule has 1 aromatic rings. The van der Waals surface area contributed by atoms with Gasteiger partial charge in [0.2, 0.25) is 0 Å². The number of aliphatic imine (C=N–C) groups is 1. The molecule has 0 saturated heterocycles. The van der Waals surface area contributed by atoms with Gasteiger partial charge in [-0.1, -0.05) is 30.3 Å². The Morgan fingerprint density at radius 2 is 2.12 bits per heavy atom. The van der Waals surface area contributed by atoms with Crippen molar-refractivity contribution in [2.24, 2.45) is 4.99 Å². The first kappa shape index (κ1) is 11.0. The van der Waals surface area contributed by atoms with Crippen molar-refractivity contribution in [3.05, 3.63) is 35.9 Å². The van der Waals surface area contributed by atoms with Gasteiger partial charge in [-0.05, 0) is 5.56 Å². The molecule has 0 atom stereocenters. The van der Waals surface area contributed by atoms with E-state index in [2.05, 4.69) is 27.8 Å². The molecular weight excluding hydrogens is 202 g/mol. The molecule has 1 aromatic carbocycles. The molecule has 4 heteroatoms. The number of hydrogen-bond acceptors (Lipinski definition) is 4. The van der Waals surface area contributed by atoms with Gasteiger partial charge in [0.25, 0.3) is 0 Å². The summed E-state index contributed by atoms with van der Waals surface area (Å²) < 4.78 is 5.29. The van der Waals surface area contributed by atoms with E-state index >= 15 is 0 Å². The number of nitrogens with one attached hydrogen (secondary N) is 2. The van der Waals surface area contributed by atoms with Crippen molar-refractivity contribution in [3.63, 3.8) is 0 Å². The van der Waals surface area contributed by atoms with E-state index in [1.165, 1.54) is 5.56 Å². The maximum absolute atomic E-state index is 5.29. The summed E-state index contributed by atoms with van der Waals surface area (Å²) in [5, 5.41) is 6.49. The lowest BCUT2D eigenvalue weighted by Crippen LogP contribution is -2.40. The molecule has 0 fully saturated rings. The van der Waals surface area contributed by atoms with Crippen LogP contribution in [0, 0.1) is 0 Å². The Morgan fingerprint density at radius 3 is 3.00 bits per heavy atom. The largest absolute Gasteiger partial charge is 0.378 e. The zero-order valence-corrected chi connectivity index (χ0v) is 9.28. The van der Waals surface area contributed by atoms with Crippen molar-refractivity contribution in [1.29, 1.82) is 0 Å². The number of guanidine groups is 1. The summed E-state index contributed by atoms with van der Waals surface area (Å²) in [7, 11) is 0. The van der Waals surface area contributed by atoms with E-state index in [1.54, 1.807) is 0 Å². The molecule has 0 unspecified atom stereocenters. The van der Waals surface area contributed by atoms with Crippen molar-refractivity contribution in [3.8, 4) is 0 Å². The lowest BCUT2D eigenvalue weighted by Gasteiger charge is -2.15. The minimum absolute atomic E-state index is 0.707. The first-order valence-corrected chi connectivity index (χ1v) is 5.59. The van der Waals surface area contributed by atoms with E-state index in [0.29, 0.717) is 13.2 Å². The predicted molar refractivity (Wildman–Crippen MR) is 64.4 cm³/mol. The molecule has 1 aliphatic heterocycles. The van der Waals surface area contributed by atoms with Gasteiger partial charge in [-0.2, -0.15) is 0 Å². The molecule has 0 aliphatic carbocycles. The summed E-state index contributed by atoms with van der Waals surface area (Å²) in [6, 6.07) is 10.3. The maximum Gasteiger partial charge on any atom is 0.191 e. The Balaban J connectivity index is 1.84. The van der Waals surface area contributed by atoms with Gasteiger partial charge in [0.1, 0.15) is 0 Å². The Hall–Kier alpha value is -1.55. The second-order valence-electron chi connectivity index (χ2n) is 3.61. The van der Waals surface area contributed by atoms with Gasteiger partial charge in [0.05, 0.1) is 19.8 Å². The Kier molecular flexibility index (Phi) is 4.19. The second kappa shape index (κ2) is 6.12. The molecule has 0 spiro atoms. The van der Waals surface area contributed by atoms with Crippen molar-refractivity contribution in [1.82, 2.24) is 10.6 Å². The summed E-state index contributed by atoms with van der Waals surface area (Å²) in [6.45, 7) is 3.77. The molecule has 0 aromatic heterocycles. The molecule has 16 heavy (non-hydrogen) atoms. The van der Waals surface area contributed by atoms with Crippen molar-refractivity contribution < 1.29 is 4.74 Å². The van der Waals surface area contributed by atoms with E-state index in [0.717, 1.165) is 25.7 Å². The summed E-state index contributed by atoms with van der Waals surface area (Å²) in [4.78, 5) is 4.37. The fourth-order valence-corrected chi connectivity index (χ4v) is 1.52. The van der Waals surface area contributed by atoms with Crippen molar-refractivity contribution in [2.75, 3.05) is 26.3 Å². The average molecular weight is 219 g/mol. The first-order chi connectivity index (χ1) is 7.95. The lowest BCUT2D eigenvalue weighted by molar-refractivity contribution is 0.143. The molecule has 86 valence electrons. The zero-order chi connectivity index (χ0) is 11.1. The number of hydrogen-bond donors (Lipinski definition) is 2. The fourth-order valence-electron chi connectivity index (χ4n) is 1.52. The first-order valence-electron chi connectivity index (χ1n) is 5.59. The van der Waals surface area contributed by atoms with Crippen LogP contribution in [0.5, 0.6) is 0 Å². The third-order valence-electron chi connectivity index (χ3n) is 2.35. The molecule has 0 amide bonds. The van der Waals surface area contributed by atoms with Gasteiger partial charge in [-0.25, -0.2) is 0 Å². The molecule has 0 radical (unpaired) electrons. The minimum Gasteiger partial charge on any atom is -0.378 e. The highest BCUT2D eigenvalue weighted by molar-refractivity contribution is 5.79. The van der Waals surface area contributed by atoms with Crippen LogP contribution in [-0.4, -0.2) is 32.3 Å². The van der Waals surface area contributed by atoms with Crippen LogP contribution in [0.25, 0.3) is 0 Å². The third kappa shape index (κ3) is 3.55. The van der Waals surface area contributed by atoms with E-state index < -0.39 is 0 Å². The Labute approximate surface area is 95.7 Å². The van der Waals surface area contributed by atoms with Gasteiger partial charge in [-0.3, -0.25) is 4.99 Å². The maximum atomic E-state index is 5.29. The highest BCUT2D eigenvalue weighted by atomic mass is 16.5. The summed E-state index contributed by atoms with van der Waals surface area (Å²) in [6.07, 6.45) is 0. The zero-order valence-electron chi connectivity index (χ0n) is 9.28. The Bertz CT molecular complexity index is 337. The monoisotopic (exact) mass is 219 g/mol. The average Bonchev–Trinajstić information content (AvgIpc) is 2.29. The van der Waals surface area contributed by atoms with Crippen molar-refractivity contribution in [2.45, 2.75) is 6.54 Å². The van der Waals surface area contributed by atoms with Crippen LogP contribution >= 0.6 is 0 Å². The minimum atomic E-state index is 0.707. The number of ether oxygens (including phenoxy) is 1. The normalized spacial score (nSPS) is 16.6. The van der Waals surface area contributed by atoms with E-state index in [9.17, 15) is 0 Å². The van der Waals surface area contributed by atoms with Crippen LogP contribution in [0.4, 0.5) is 0 Å². The van der Waals surface area contributed by atoms with Crippen LogP contribution in [0.2, 0.25) is 0 Å². The predicted octanol–water partition coefficient (Wildman–Crippen LogP) is 0.752. The fraction of sp³-hybridized carbons (Fsp3) is 0.417. The summed E-state index contributed by atoms with van der Waals surface area (Å²) >= 11 is 0. The Morgan fingerprint density at radius 1 is 1.25 bits per heavy atom. The third-order valence-corrected chi connectivity index (χ3v) is 2.35. The molecular formula is C12H17N3O. The number of benzene rings is 1. The highest BCUT2D eigenvalue weighted by Crippen LogP contribution is 1.97. The second-order valence-corrected chi connectivity index (χ2v) is 3.61. The SMILES string of the molecule is c1ccc(CNC2=NCCOCCN2)cc1. The summed E-state index contributed by atoms with van der Waals surface area (Å²) in [5.74, 6) is 0.868. The van der Waals surface area contributed by atoms with Gasteiger partial charge in [0, 0.05) is 13.1 Å². The lowest BCUT2D eigenvalue weighted by atomic mass is 10.2. The smallest absolute Gasteiger partial charge is 0.191 e. The molecule has 1 heterocycles. The van der Waals surface area contributed by atoms with E-state index in [-0.39, 0.29) is 0 Å². The standard InChI is InChI=1S/C12H17N3O/c1-2-4-11(5-3-1)10-15-12-13-6-8-16-9-7-14-12/h1-5H,6-10H2,(H2,13,14,15). The summed E-state index contributed by atoms with van der Waals surface area (Å²) in [5.41, 5.74) is 1.25. The van der Waals surface area contributed by atoms with Crippen molar-refractivity contribution >= 4 is 5.96 Å². The van der Waals surface area contributed by atoms with Crippen LogP contribution in [0.3, 0.4) is 0 Å². The number of rotatable bonds is 2. The topological polar surface area (TPSA) is 45.7 Å². The van der Waals surface area contributed by atoms with Gasteiger partial charge < -0.3 is 15.4 Å². The quantitative estimate of drug-likeness (QED) is 0.771. The molecule has 0 bridgehead atoms. The van der Waals surface area contributed by atoms with Crippen LogP contribution in [-0.2, 0) is 11.3 Å². The molecule has 4 nitrogen and oxygen atoms in total. The number of nitrogens with zero attached hydrogens (tertiary/aromatic N) is 1.